The summed E-state index contributed by atoms with van der Waals surface area (Å²) in [5, 5.41) is 0. The van der Waals surface area contributed by atoms with Crippen LogP contribution in [0.4, 0.5) is 0 Å². The third kappa shape index (κ3) is 3.07. The van der Waals surface area contributed by atoms with Crippen LogP contribution in [0, 0.1) is 12.8 Å². The van der Waals surface area contributed by atoms with Crippen molar-refractivity contribution in [3.8, 4) is 0 Å². The molecule has 1 aromatic carbocycles. The summed E-state index contributed by atoms with van der Waals surface area (Å²) in [7, 11) is 0. The molecule has 2 N–H and O–H groups in total. The van der Waals surface area contributed by atoms with E-state index < -0.39 is 0 Å². The highest BCUT2D eigenvalue weighted by molar-refractivity contribution is 5.77. The number of aryl methyl sites for hydroxylation is 2. The lowest BCUT2D eigenvalue weighted by atomic mass is 9.99. The van der Waals surface area contributed by atoms with Crippen LogP contribution in [0.2, 0.25) is 0 Å². The molecule has 1 saturated heterocycles. The Morgan fingerprint density at radius 3 is 2.59 bits per heavy atom. The molecule has 0 aromatic heterocycles. The van der Waals surface area contributed by atoms with Crippen LogP contribution in [-0.2, 0) is 11.2 Å². The average molecular weight is 232 g/mol. The smallest absolute Gasteiger partial charge is 0.222 e. The summed E-state index contributed by atoms with van der Waals surface area (Å²) >= 11 is 0. The Morgan fingerprint density at radius 1 is 1.35 bits per heavy atom. The first-order valence-corrected chi connectivity index (χ1v) is 6.22. The molecule has 1 fully saturated rings. The van der Waals surface area contributed by atoms with Gasteiger partial charge >= 0.3 is 0 Å². The fourth-order valence-corrected chi connectivity index (χ4v) is 2.09. The maximum Gasteiger partial charge on any atom is 0.222 e. The molecule has 1 heterocycles. The normalized spacial score (nSPS) is 15.8. The minimum Gasteiger partial charge on any atom is -0.342 e. The second-order valence-corrected chi connectivity index (χ2v) is 4.89. The van der Waals surface area contributed by atoms with Crippen molar-refractivity contribution in [2.75, 3.05) is 19.6 Å². The molecule has 0 atom stereocenters. The first kappa shape index (κ1) is 12.1. The molecule has 1 aliphatic rings. The van der Waals surface area contributed by atoms with E-state index in [9.17, 15) is 4.79 Å². The van der Waals surface area contributed by atoms with Crippen LogP contribution in [0.5, 0.6) is 0 Å². The lowest BCUT2D eigenvalue weighted by Gasteiger charge is -2.38. The highest BCUT2D eigenvalue weighted by Gasteiger charge is 2.28. The molecule has 1 aromatic rings. The van der Waals surface area contributed by atoms with Gasteiger partial charge in [0.25, 0.3) is 0 Å². The van der Waals surface area contributed by atoms with E-state index in [4.69, 9.17) is 5.73 Å². The van der Waals surface area contributed by atoms with Crippen LogP contribution in [-0.4, -0.2) is 30.4 Å². The molecule has 3 heteroatoms. The summed E-state index contributed by atoms with van der Waals surface area (Å²) < 4.78 is 0. The Hall–Kier alpha value is -1.35. The van der Waals surface area contributed by atoms with Crippen LogP contribution in [0.1, 0.15) is 17.5 Å². The van der Waals surface area contributed by atoms with Crippen molar-refractivity contribution < 1.29 is 4.79 Å². The van der Waals surface area contributed by atoms with Gasteiger partial charge in [-0.15, -0.1) is 0 Å². The Bertz CT molecular complexity index is 380. The third-order valence-electron chi connectivity index (χ3n) is 3.39. The molecule has 0 radical (unpaired) electrons. The fraction of sp³-hybridized carbons (Fsp3) is 0.500. The zero-order chi connectivity index (χ0) is 12.3. The van der Waals surface area contributed by atoms with Gasteiger partial charge < -0.3 is 10.6 Å². The zero-order valence-corrected chi connectivity index (χ0v) is 10.4. The highest BCUT2D eigenvalue weighted by atomic mass is 16.2. The maximum atomic E-state index is 11.8. The lowest BCUT2D eigenvalue weighted by molar-refractivity contribution is -0.137. The van der Waals surface area contributed by atoms with E-state index in [1.54, 1.807) is 0 Å². The lowest BCUT2D eigenvalue weighted by Crippen LogP contribution is -2.52. The van der Waals surface area contributed by atoms with Crippen molar-refractivity contribution in [1.29, 1.82) is 0 Å². The van der Waals surface area contributed by atoms with Gasteiger partial charge in [-0.2, -0.15) is 0 Å². The predicted octanol–water partition coefficient (Wildman–Crippen LogP) is 1.34. The molecule has 92 valence electrons. The van der Waals surface area contributed by atoms with E-state index in [1.165, 1.54) is 11.1 Å². The van der Waals surface area contributed by atoms with E-state index in [2.05, 4.69) is 31.2 Å². The summed E-state index contributed by atoms with van der Waals surface area (Å²) in [5.74, 6) is 0.786. The first-order chi connectivity index (χ1) is 8.19. The Labute approximate surface area is 103 Å². The number of nitrogens with two attached hydrogens (primary N) is 1. The van der Waals surface area contributed by atoms with Crippen molar-refractivity contribution >= 4 is 5.91 Å². The van der Waals surface area contributed by atoms with Crippen LogP contribution < -0.4 is 5.73 Å². The van der Waals surface area contributed by atoms with E-state index in [0.29, 0.717) is 18.9 Å². The SMILES string of the molecule is Cc1ccc(CCC(=O)N2CC(CN)C2)cc1. The number of carbonyl (C=O) groups excluding carboxylic acids is 1. The topological polar surface area (TPSA) is 46.3 Å². The molecular weight excluding hydrogens is 212 g/mol. The largest absolute Gasteiger partial charge is 0.342 e. The van der Waals surface area contributed by atoms with Crippen LogP contribution >= 0.6 is 0 Å². The van der Waals surface area contributed by atoms with Crippen LogP contribution in [0.15, 0.2) is 24.3 Å². The summed E-state index contributed by atoms with van der Waals surface area (Å²) in [6, 6.07) is 8.38. The van der Waals surface area contributed by atoms with Gasteiger partial charge in [-0.05, 0) is 25.5 Å². The average Bonchev–Trinajstić information content (AvgIpc) is 2.27. The number of hydrogen-bond acceptors (Lipinski definition) is 2. The maximum absolute atomic E-state index is 11.8. The molecule has 0 bridgehead atoms. The molecule has 3 nitrogen and oxygen atoms in total. The number of amides is 1. The van der Waals surface area contributed by atoms with Gasteiger partial charge in [0, 0.05) is 25.4 Å². The molecule has 0 spiro atoms. The Kier molecular flexibility index (Phi) is 3.79. The molecule has 1 aliphatic heterocycles. The van der Waals surface area contributed by atoms with Crippen molar-refractivity contribution in [1.82, 2.24) is 4.90 Å². The molecule has 17 heavy (non-hydrogen) atoms. The third-order valence-corrected chi connectivity index (χ3v) is 3.39. The molecule has 1 amide bonds. The molecule has 0 unspecified atom stereocenters. The molecule has 2 rings (SSSR count). The summed E-state index contributed by atoms with van der Waals surface area (Å²) in [6.07, 6.45) is 1.45. The number of carbonyl (C=O) groups is 1. The number of rotatable bonds is 4. The summed E-state index contributed by atoms with van der Waals surface area (Å²) in [5.41, 5.74) is 8.03. The van der Waals surface area contributed by atoms with Gasteiger partial charge in [-0.25, -0.2) is 0 Å². The van der Waals surface area contributed by atoms with Gasteiger partial charge in [0.1, 0.15) is 0 Å². The minimum absolute atomic E-state index is 0.260. The molecule has 0 saturated carbocycles. The van der Waals surface area contributed by atoms with Crippen molar-refractivity contribution in [2.24, 2.45) is 11.7 Å². The molecule has 0 aliphatic carbocycles. The predicted molar refractivity (Wildman–Crippen MR) is 68.6 cm³/mol. The van der Waals surface area contributed by atoms with Crippen molar-refractivity contribution in [3.05, 3.63) is 35.4 Å². The zero-order valence-electron chi connectivity index (χ0n) is 10.4. The van der Waals surface area contributed by atoms with Gasteiger partial charge in [-0.1, -0.05) is 29.8 Å². The standard InChI is InChI=1S/C14H20N2O/c1-11-2-4-12(5-3-11)6-7-14(17)16-9-13(8-15)10-16/h2-5,13H,6-10,15H2,1H3. The van der Waals surface area contributed by atoms with Gasteiger partial charge in [0.05, 0.1) is 0 Å². The van der Waals surface area contributed by atoms with Crippen LogP contribution in [0.3, 0.4) is 0 Å². The second kappa shape index (κ2) is 5.32. The number of hydrogen-bond donors (Lipinski definition) is 1. The van der Waals surface area contributed by atoms with E-state index in [0.717, 1.165) is 19.5 Å². The van der Waals surface area contributed by atoms with Gasteiger partial charge in [0.15, 0.2) is 0 Å². The van der Waals surface area contributed by atoms with E-state index in [-0.39, 0.29) is 5.91 Å². The van der Waals surface area contributed by atoms with Crippen molar-refractivity contribution in [2.45, 2.75) is 19.8 Å². The molecular formula is C14H20N2O. The monoisotopic (exact) mass is 232 g/mol. The first-order valence-electron chi connectivity index (χ1n) is 6.22. The summed E-state index contributed by atoms with van der Waals surface area (Å²) in [6.45, 7) is 4.47. The summed E-state index contributed by atoms with van der Waals surface area (Å²) in [4.78, 5) is 13.7. The second-order valence-electron chi connectivity index (χ2n) is 4.89. The Balaban J connectivity index is 1.75. The van der Waals surface area contributed by atoms with E-state index >= 15 is 0 Å². The van der Waals surface area contributed by atoms with E-state index in [1.807, 2.05) is 4.90 Å². The number of likely N-dealkylation sites (tertiary alicyclic amines) is 1. The van der Waals surface area contributed by atoms with Gasteiger partial charge in [0.2, 0.25) is 5.91 Å². The highest BCUT2D eigenvalue weighted by Crippen LogP contribution is 2.16. The number of benzene rings is 1. The van der Waals surface area contributed by atoms with Crippen LogP contribution in [0.25, 0.3) is 0 Å². The Morgan fingerprint density at radius 2 is 2.00 bits per heavy atom. The fourth-order valence-electron chi connectivity index (χ4n) is 2.09. The minimum atomic E-state index is 0.260. The number of nitrogens with zero attached hydrogens (tertiary/aromatic N) is 1. The van der Waals surface area contributed by atoms with Crippen molar-refractivity contribution in [3.63, 3.8) is 0 Å². The van der Waals surface area contributed by atoms with Gasteiger partial charge in [-0.3, -0.25) is 4.79 Å². The quantitative estimate of drug-likeness (QED) is 0.851.